The maximum atomic E-state index is 12.7. The predicted octanol–water partition coefficient (Wildman–Crippen LogP) is 2.84. The van der Waals surface area contributed by atoms with Crippen LogP contribution in [0.2, 0.25) is 0 Å². The Hall–Kier alpha value is -1.56. The van der Waals surface area contributed by atoms with Gasteiger partial charge in [0.05, 0.1) is 18.6 Å². The second-order valence-electron chi connectivity index (χ2n) is 5.43. The summed E-state index contributed by atoms with van der Waals surface area (Å²) in [5.74, 6) is 0.191. The van der Waals surface area contributed by atoms with E-state index in [0.29, 0.717) is 18.1 Å². The van der Waals surface area contributed by atoms with E-state index in [4.69, 9.17) is 9.47 Å². The summed E-state index contributed by atoms with van der Waals surface area (Å²) in [5.41, 5.74) is 0. The van der Waals surface area contributed by atoms with Crippen LogP contribution in [0.15, 0.2) is 29.2 Å². The Balaban J connectivity index is 3.10. The molecule has 5 nitrogen and oxygen atoms in total. The molecule has 0 radical (unpaired) electrons. The van der Waals surface area contributed by atoms with Gasteiger partial charge in [0.25, 0.3) is 0 Å². The van der Waals surface area contributed by atoms with Crippen molar-refractivity contribution in [2.45, 2.75) is 43.8 Å². The van der Waals surface area contributed by atoms with Crippen molar-refractivity contribution in [2.24, 2.45) is 5.92 Å². The first-order chi connectivity index (χ1) is 10.3. The minimum atomic E-state index is -3.77. The van der Waals surface area contributed by atoms with Gasteiger partial charge in [0.2, 0.25) is 0 Å². The molecule has 0 aromatic heterocycles. The molecule has 1 atom stereocenters. The van der Waals surface area contributed by atoms with Gasteiger partial charge in [0, 0.05) is 0 Å². The summed E-state index contributed by atoms with van der Waals surface area (Å²) >= 11 is 0. The molecule has 0 saturated heterocycles. The molecule has 0 unspecified atom stereocenters. The highest BCUT2D eigenvalue weighted by Crippen LogP contribution is 2.24. The van der Waals surface area contributed by atoms with Gasteiger partial charge in [-0.1, -0.05) is 13.8 Å². The summed E-state index contributed by atoms with van der Waals surface area (Å²) in [6.45, 7) is 5.80. The maximum Gasteiger partial charge on any atom is 0.324 e. The second-order valence-corrected chi connectivity index (χ2v) is 7.56. The number of rotatable bonds is 8. The number of hydrogen-bond donors (Lipinski definition) is 0. The van der Waals surface area contributed by atoms with E-state index >= 15 is 0 Å². The van der Waals surface area contributed by atoms with Crippen molar-refractivity contribution < 1.29 is 22.7 Å². The van der Waals surface area contributed by atoms with Crippen molar-refractivity contribution >= 4 is 15.8 Å². The number of benzene rings is 1. The average Bonchev–Trinajstić information content (AvgIpc) is 2.47. The number of methoxy groups -OCH3 is 1. The molecule has 0 spiro atoms. The summed E-state index contributed by atoms with van der Waals surface area (Å²) < 4.78 is 35.4. The lowest BCUT2D eigenvalue weighted by Gasteiger charge is -2.17. The number of carbonyl (C=O) groups is 1. The van der Waals surface area contributed by atoms with E-state index in [1.807, 2.05) is 13.8 Å². The molecule has 0 heterocycles. The molecule has 1 rings (SSSR count). The van der Waals surface area contributed by atoms with Crippen molar-refractivity contribution in [3.63, 3.8) is 0 Å². The van der Waals surface area contributed by atoms with Crippen molar-refractivity contribution in [3.05, 3.63) is 24.3 Å². The van der Waals surface area contributed by atoms with Crippen molar-refractivity contribution in [3.8, 4) is 5.75 Å². The quantitative estimate of drug-likeness (QED) is 0.686. The highest BCUT2D eigenvalue weighted by Gasteiger charge is 2.35. The summed E-state index contributed by atoms with van der Waals surface area (Å²) in [6, 6.07) is 6.04. The zero-order chi connectivity index (χ0) is 16.8. The smallest absolute Gasteiger partial charge is 0.324 e. The fraction of sp³-hybridized carbons (Fsp3) is 0.562. The highest BCUT2D eigenvalue weighted by molar-refractivity contribution is 7.92. The SMILES string of the molecule is CCOC(=O)[C@@H](CCC(C)C)S(=O)(=O)c1ccc(OC)cc1. The van der Waals surface area contributed by atoms with E-state index in [-0.39, 0.29) is 17.9 Å². The summed E-state index contributed by atoms with van der Waals surface area (Å²) in [4.78, 5) is 12.2. The molecule has 1 aromatic carbocycles. The first-order valence-corrected chi connectivity index (χ1v) is 8.92. The molecule has 22 heavy (non-hydrogen) atoms. The Labute approximate surface area is 132 Å². The Morgan fingerprint density at radius 2 is 1.73 bits per heavy atom. The molecule has 0 fully saturated rings. The minimum absolute atomic E-state index is 0.107. The molecule has 0 N–H and O–H groups in total. The van der Waals surface area contributed by atoms with Crippen LogP contribution < -0.4 is 4.74 Å². The van der Waals surface area contributed by atoms with E-state index in [2.05, 4.69) is 0 Å². The fourth-order valence-corrected chi connectivity index (χ4v) is 3.66. The Morgan fingerprint density at radius 3 is 2.18 bits per heavy atom. The molecule has 0 aliphatic rings. The molecule has 6 heteroatoms. The Kier molecular flexibility index (Phi) is 6.87. The summed E-state index contributed by atoms with van der Waals surface area (Å²) in [5, 5.41) is -1.16. The van der Waals surface area contributed by atoms with E-state index in [0.717, 1.165) is 0 Å². The third kappa shape index (κ3) is 4.73. The Morgan fingerprint density at radius 1 is 1.14 bits per heavy atom. The first kappa shape index (κ1) is 18.5. The van der Waals surface area contributed by atoms with Crippen molar-refractivity contribution in [1.29, 1.82) is 0 Å². The van der Waals surface area contributed by atoms with Crippen LogP contribution in [0.4, 0.5) is 0 Å². The molecule has 124 valence electrons. The molecular formula is C16H24O5S. The van der Waals surface area contributed by atoms with Gasteiger partial charge >= 0.3 is 5.97 Å². The van der Waals surface area contributed by atoms with E-state index in [1.54, 1.807) is 19.1 Å². The van der Waals surface area contributed by atoms with Crippen LogP contribution in [0.5, 0.6) is 5.75 Å². The third-order valence-electron chi connectivity index (χ3n) is 3.32. The van der Waals surface area contributed by atoms with Crippen LogP contribution in [0, 0.1) is 5.92 Å². The van der Waals surface area contributed by atoms with E-state index < -0.39 is 21.1 Å². The highest BCUT2D eigenvalue weighted by atomic mass is 32.2. The van der Waals surface area contributed by atoms with Gasteiger partial charge in [0.1, 0.15) is 5.75 Å². The first-order valence-electron chi connectivity index (χ1n) is 7.37. The third-order valence-corrected chi connectivity index (χ3v) is 5.42. The van der Waals surface area contributed by atoms with E-state index in [1.165, 1.54) is 19.2 Å². The lowest BCUT2D eigenvalue weighted by Crippen LogP contribution is -2.32. The van der Waals surface area contributed by atoms with Crippen LogP contribution >= 0.6 is 0 Å². The lowest BCUT2D eigenvalue weighted by atomic mass is 10.1. The molecular weight excluding hydrogens is 304 g/mol. The van der Waals surface area contributed by atoms with Gasteiger partial charge in [-0.15, -0.1) is 0 Å². The van der Waals surface area contributed by atoms with Gasteiger partial charge in [-0.3, -0.25) is 4.79 Å². The van der Waals surface area contributed by atoms with Gasteiger partial charge in [-0.25, -0.2) is 8.42 Å². The Bertz CT molecular complexity index is 575. The number of carbonyl (C=O) groups excluding carboxylic acids is 1. The zero-order valence-corrected chi connectivity index (χ0v) is 14.4. The second kappa shape index (κ2) is 8.17. The average molecular weight is 328 g/mol. The number of esters is 1. The van der Waals surface area contributed by atoms with Crippen LogP contribution in [-0.4, -0.2) is 33.4 Å². The largest absolute Gasteiger partial charge is 0.497 e. The van der Waals surface area contributed by atoms with Gasteiger partial charge in [0.15, 0.2) is 15.1 Å². The van der Waals surface area contributed by atoms with Crippen molar-refractivity contribution in [2.75, 3.05) is 13.7 Å². The molecule has 0 aliphatic carbocycles. The number of hydrogen-bond acceptors (Lipinski definition) is 5. The lowest BCUT2D eigenvalue weighted by molar-refractivity contribution is -0.142. The van der Waals surface area contributed by atoms with Crippen molar-refractivity contribution in [1.82, 2.24) is 0 Å². The predicted molar refractivity (Wildman–Crippen MR) is 84.7 cm³/mol. The summed E-state index contributed by atoms with van der Waals surface area (Å²) in [7, 11) is -2.27. The molecule has 1 aromatic rings. The maximum absolute atomic E-state index is 12.7. The van der Waals surface area contributed by atoms with Crippen LogP contribution in [0.25, 0.3) is 0 Å². The monoisotopic (exact) mass is 328 g/mol. The van der Waals surface area contributed by atoms with Gasteiger partial charge in [-0.2, -0.15) is 0 Å². The number of sulfone groups is 1. The topological polar surface area (TPSA) is 69.7 Å². The molecule has 0 saturated carbocycles. The normalized spacial score (nSPS) is 13.0. The fourth-order valence-electron chi connectivity index (χ4n) is 2.05. The molecule has 0 aliphatic heterocycles. The van der Waals surface area contributed by atoms with Gasteiger partial charge in [-0.05, 0) is 49.9 Å². The summed E-state index contributed by atoms with van der Waals surface area (Å²) in [6.07, 6.45) is 0.893. The standard InChI is InChI=1S/C16H24O5S/c1-5-21-16(17)15(11-6-12(2)3)22(18,19)14-9-7-13(20-4)8-10-14/h7-10,12,15H,5-6,11H2,1-4H3/t15-/m1/s1. The minimum Gasteiger partial charge on any atom is -0.497 e. The number of ether oxygens (including phenoxy) is 2. The zero-order valence-electron chi connectivity index (χ0n) is 13.5. The van der Waals surface area contributed by atoms with Gasteiger partial charge < -0.3 is 9.47 Å². The van der Waals surface area contributed by atoms with Crippen LogP contribution in [0.3, 0.4) is 0 Å². The van der Waals surface area contributed by atoms with Crippen LogP contribution in [0.1, 0.15) is 33.6 Å². The van der Waals surface area contributed by atoms with E-state index in [9.17, 15) is 13.2 Å². The molecule has 0 amide bonds. The van der Waals surface area contributed by atoms with Crippen LogP contribution in [-0.2, 0) is 19.4 Å². The molecule has 0 bridgehead atoms.